The minimum absolute atomic E-state index is 0.0533. The van der Waals surface area contributed by atoms with E-state index in [0.29, 0.717) is 16.4 Å². The van der Waals surface area contributed by atoms with Crippen LogP contribution in [0.5, 0.6) is 0 Å². The molecular formula is C12H15ClN4O2S. The topological polar surface area (TPSA) is 101 Å². The maximum atomic E-state index is 12.3. The van der Waals surface area contributed by atoms with Crippen molar-refractivity contribution >= 4 is 21.6 Å². The molecule has 1 heterocycles. The molecule has 2 aromatic rings. The Kier molecular flexibility index (Phi) is 4.44. The van der Waals surface area contributed by atoms with Crippen molar-refractivity contribution < 1.29 is 8.42 Å². The van der Waals surface area contributed by atoms with Gasteiger partial charge < -0.3 is 5.73 Å². The van der Waals surface area contributed by atoms with Gasteiger partial charge >= 0.3 is 0 Å². The summed E-state index contributed by atoms with van der Waals surface area (Å²) in [4.78, 5) is 0.113. The second kappa shape index (κ2) is 5.92. The first-order valence-corrected chi connectivity index (χ1v) is 7.78. The predicted molar refractivity (Wildman–Crippen MR) is 76.7 cm³/mol. The van der Waals surface area contributed by atoms with E-state index in [4.69, 9.17) is 17.3 Å². The summed E-state index contributed by atoms with van der Waals surface area (Å²) in [5.74, 6) is 0. The molecule has 0 fully saturated rings. The molecule has 0 unspecified atom stereocenters. The van der Waals surface area contributed by atoms with Crippen LogP contribution < -0.4 is 10.5 Å². The molecule has 0 aliphatic carbocycles. The van der Waals surface area contributed by atoms with Crippen LogP contribution in [0.15, 0.2) is 29.2 Å². The Balaban J connectivity index is 2.21. The normalized spacial score (nSPS) is 11.8. The van der Waals surface area contributed by atoms with Gasteiger partial charge in [-0.15, -0.1) is 0 Å². The molecule has 108 valence electrons. The SMILES string of the molecule is Cc1[nH]nc(CN)c1S(=O)(=O)NCc1cccc(Cl)c1. The summed E-state index contributed by atoms with van der Waals surface area (Å²) < 4.78 is 27.1. The Labute approximate surface area is 122 Å². The molecule has 0 spiro atoms. The molecule has 0 aliphatic rings. The first kappa shape index (κ1) is 15.0. The number of aryl methyl sites for hydroxylation is 1. The first-order chi connectivity index (χ1) is 9.44. The summed E-state index contributed by atoms with van der Waals surface area (Å²) in [6, 6.07) is 6.99. The van der Waals surface area contributed by atoms with Crippen molar-refractivity contribution in [2.75, 3.05) is 0 Å². The Bertz CT molecular complexity index is 712. The van der Waals surface area contributed by atoms with E-state index in [2.05, 4.69) is 14.9 Å². The minimum atomic E-state index is -3.67. The van der Waals surface area contributed by atoms with Crippen LogP contribution >= 0.6 is 11.6 Å². The highest BCUT2D eigenvalue weighted by atomic mass is 35.5. The smallest absolute Gasteiger partial charge is 0.244 e. The van der Waals surface area contributed by atoms with Crippen molar-refractivity contribution in [1.82, 2.24) is 14.9 Å². The van der Waals surface area contributed by atoms with Crippen molar-refractivity contribution in [2.24, 2.45) is 5.73 Å². The number of hydrogen-bond donors (Lipinski definition) is 3. The third kappa shape index (κ3) is 3.18. The summed E-state index contributed by atoms with van der Waals surface area (Å²) >= 11 is 5.86. The maximum Gasteiger partial charge on any atom is 0.244 e. The monoisotopic (exact) mass is 314 g/mol. The van der Waals surface area contributed by atoms with Gasteiger partial charge in [-0.05, 0) is 24.6 Å². The number of benzene rings is 1. The average molecular weight is 315 g/mol. The zero-order chi connectivity index (χ0) is 14.8. The first-order valence-electron chi connectivity index (χ1n) is 5.92. The third-order valence-electron chi connectivity index (χ3n) is 2.78. The zero-order valence-corrected chi connectivity index (χ0v) is 12.4. The van der Waals surface area contributed by atoms with Gasteiger partial charge in [-0.3, -0.25) is 5.10 Å². The second-order valence-corrected chi connectivity index (χ2v) is 6.42. The summed E-state index contributed by atoms with van der Waals surface area (Å²) in [6.45, 7) is 1.84. The summed E-state index contributed by atoms with van der Waals surface area (Å²) in [5, 5.41) is 7.07. The average Bonchev–Trinajstić information content (AvgIpc) is 2.78. The van der Waals surface area contributed by atoms with E-state index in [-0.39, 0.29) is 18.0 Å². The van der Waals surface area contributed by atoms with Crippen LogP contribution in [0.25, 0.3) is 0 Å². The lowest BCUT2D eigenvalue weighted by atomic mass is 10.2. The van der Waals surface area contributed by atoms with Crippen molar-refractivity contribution in [2.45, 2.75) is 24.9 Å². The molecule has 0 bridgehead atoms. The van der Waals surface area contributed by atoms with E-state index in [9.17, 15) is 8.42 Å². The van der Waals surface area contributed by atoms with Gasteiger partial charge in [0, 0.05) is 18.1 Å². The van der Waals surface area contributed by atoms with E-state index in [1.165, 1.54) is 0 Å². The Morgan fingerprint density at radius 3 is 2.85 bits per heavy atom. The molecule has 0 saturated carbocycles. The van der Waals surface area contributed by atoms with Gasteiger partial charge in [0.25, 0.3) is 0 Å². The second-order valence-electron chi connectivity index (χ2n) is 4.28. The fourth-order valence-electron chi connectivity index (χ4n) is 1.86. The highest BCUT2D eigenvalue weighted by molar-refractivity contribution is 7.89. The summed E-state index contributed by atoms with van der Waals surface area (Å²) in [6.07, 6.45) is 0. The molecule has 20 heavy (non-hydrogen) atoms. The van der Waals surface area contributed by atoms with E-state index in [0.717, 1.165) is 5.56 Å². The molecule has 1 aromatic heterocycles. The fourth-order valence-corrected chi connectivity index (χ4v) is 3.46. The molecule has 1 aromatic carbocycles. The molecule has 8 heteroatoms. The highest BCUT2D eigenvalue weighted by Crippen LogP contribution is 2.18. The van der Waals surface area contributed by atoms with Gasteiger partial charge in [0.1, 0.15) is 4.90 Å². The predicted octanol–water partition coefficient (Wildman–Crippen LogP) is 1.31. The standard InChI is InChI=1S/C12H15ClN4O2S/c1-8-12(11(6-14)17-16-8)20(18,19)15-7-9-3-2-4-10(13)5-9/h2-5,15H,6-7,14H2,1H3,(H,16,17). The lowest BCUT2D eigenvalue weighted by Gasteiger charge is -2.08. The number of aromatic amines is 1. The molecule has 4 N–H and O–H groups in total. The van der Waals surface area contributed by atoms with E-state index >= 15 is 0 Å². The van der Waals surface area contributed by atoms with Crippen LogP contribution in [-0.4, -0.2) is 18.6 Å². The third-order valence-corrected chi connectivity index (χ3v) is 4.62. The van der Waals surface area contributed by atoms with Crippen LogP contribution in [0.1, 0.15) is 17.0 Å². The van der Waals surface area contributed by atoms with Crippen LogP contribution in [0.2, 0.25) is 5.02 Å². The van der Waals surface area contributed by atoms with Gasteiger partial charge in [0.05, 0.1) is 11.4 Å². The quantitative estimate of drug-likeness (QED) is 0.774. The van der Waals surface area contributed by atoms with E-state index < -0.39 is 10.0 Å². The number of aromatic nitrogens is 2. The Morgan fingerprint density at radius 1 is 1.45 bits per heavy atom. The number of H-pyrrole nitrogens is 1. The van der Waals surface area contributed by atoms with Crippen LogP contribution in [0, 0.1) is 6.92 Å². The molecule has 0 saturated heterocycles. The molecule has 0 amide bonds. The van der Waals surface area contributed by atoms with Crippen molar-refractivity contribution in [3.05, 3.63) is 46.2 Å². The number of nitrogens with two attached hydrogens (primary N) is 1. The van der Waals surface area contributed by atoms with Crippen molar-refractivity contribution in [1.29, 1.82) is 0 Å². The zero-order valence-electron chi connectivity index (χ0n) is 10.9. The molecule has 2 rings (SSSR count). The number of nitrogens with zero attached hydrogens (tertiary/aromatic N) is 1. The lowest BCUT2D eigenvalue weighted by molar-refractivity contribution is 0.579. The number of sulfonamides is 1. The Morgan fingerprint density at radius 2 is 2.20 bits per heavy atom. The highest BCUT2D eigenvalue weighted by Gasteiger charge is 2.23. The van der Waals surface area contributed by atoms with Gasteiger partial charge in [-0.25, -0.2) is 13.1 Å². The van der Waals surface area contributed by atoms with Gasteiger partial charge in [-0.2, -0.15) is 5.10 Å². The Hall–Kier alpha value is -1.41. The van der Waals surface area contributed by atoms with Crippen LogP contribution in [0.4, 0.5) is 0 Å². The maximum absolute atomic E-state index is 12.3. The van der Waals surface area contributed by atoms with E-state index in [1.807, 2.05) is 0 Å². The van der Waals surface area contributed by atoms with Crippen molar-refractivity contribution in [3.63, 3.8) is 0 Å². The summed E-state index contributed by atoms with van der Waals surface area (Å²) in [7, 11) is -3.67. The van der Waals surface area contributed by atoms with Gasteiger partial charge in [0.15, 0.2) is 0 Å². The van der Waals surface area contributed by atoms with Gasteiger partial charge in [-0.1, -0.05) is 23.7 Å². The van der Waals surface area contributed by atoms with Crippen molar-refractivity contribution in [3.8, 4) is 0 Å². The largest absolute Gasteiger partial charge is 0.325 e. The molecular weight excluding hydrogens is 300 g/mol. The summed E-state index contributed by atoms with van der Waals surface area (Å²) in [5.41, 5.74) is 7.05. The van der Waals surface area contributed by atoms with Gasteiger partial charge in [0.2, 0.25) is 10.0 Å². The minimum Gasteiger partial charge on any atom is -0.325 e. The lowest BCUT2D eigenvalue weighted by Crippen LogP contribution is -2.25. The van der Waals surface area contributed by atoms with Crippen LogP contribution in [0.3, 0.4) is 0 Å². The number of rotatable bonds is 5. The number of halogens is 1. The molecule has 0 radical (unpaired) electrons. The number of nitrogens with one attached hydrogen (secondary N) is 2. The van der Waals surface area contributed by atoms with Crippen LogP contribution in [-0.2, 0) is 23.1 Å². The molecule has 6 nitrogen and oxygen atoms in total. The van der Waals surface area contributed by atoms with E-state index in [1.54, 1.807) is 31.2 Å². The molecule has 0 atom stereocenters. The number of hydrogen-bond acceptors (Lipinski definition) is 4. The fraction of sp³-hybridized carbons (Fsp3) is 0.250. The molecule has 0 aliphatic heterocycles.